The number of allylic oxidation sites excluding steroid dienone is 1. The molecule has 0 aliphatic heterocycles. The van der Waals surface area contributed by atoms with Gasteiger partial charge < -0.3 is 5.32 Å². The van der Waals surface area contributed by atoms with Crippen LogP contribution in [-0.2, 0) is 0 Å². The summed E-state index contributed by atoms with van der Waals surface area (Å²) in [7, 11) is 0. The Balaban J connectivity index is 1.75. The average molecular weight is 297 g/mol. The van der Waals surface area contributed by atoms with Gasteiger partial charge in [-0.25, -0.2) is 4.99 Å². The Labute approximate surface area is 135 Å². The summed E-state index contributed by atoms with van der Waals surface area (Å²) in [6, 6.07) is 29.0. The standard InChI is InChI=1S/C21H16N2/c1-3-9-16(10-4-1)22-20-15-21(19-14-8-7-13-18(19)20)23-17-11-5-2-6-12-17/h1-15,22H/p+1. The van der Waals surface area contributed by atoms with Gasteiger partial charge in [-0.2, -0.15) is 0 Å². The van der Waals surface area contributed by atoms with E-state index in [0.717, 1.165) is 22.8 Å². The minimum Gasteiger partial charge on any atom is -0.355 e. The van der Waals surface area contributed by atoms with Gasteiger partial charge in [0.15, 0.2) is 0 Å². The maximum atomic E-state index is 3.51. The Morgan fingerprint density at radius 1 is 0.609 bits per heavy atom. The molecular weight excluding hydrogens is 280 g/mol. The summed E-state index contributed by atoms with van der Waals surface area (Å²) < 4.78 is 0. The summed E-state index contributed by atoms with van der Waals surface area (Å²) in [6.45, 7) is 0. The van der Waals surface area contributed by atoms with Crippen molar-refractivity contribution in [2.24, 2.45) is 0 Å². The number of fused-ring (bicyclic) bond motifs is 1. The molecule has 2 N–H and O–H groups in total. The Hall–Kier alpha value is -3.13. The highest BCUT2D eigenvalue weighted by Crippen LogP contribution is 2.27. The van der Waals surface area contributed by atoms with Crippen molar-refractivity contribution >= 4 is 22.8 Å². The van der Waals surface area contributed by atoms with E-state index < -0.39 is 0 Å². The number of para-hydroxylation sites is 2. The van der Waals surface area contributed by atoms with Crippen molar-refractivity contribution in [3.8, 4) is 0 Å². The second-order valence-electron chi connectivity index (χ2n) is 5.50. The van der Waals surface area contributed by atoms with E-state index in [1.165, 1.54) is 11.1 Å². The Morgan fingerprint density at radius 2 is 1.22 bits per heavy atom. The normalized spacial score (nSPS) is 14.4. The molecule has 0 aromatic heterocycles. The lowest BCUT2D eigenvalue weighted by atomic mass is 10.1. The Bertz CT molecular complexity index is 878. The van der Waals surface area contributed by atoms with Crippen LogP contribution >= 0.6 is 0 Å². The van der Waals surface area contributed by atoms with E-state index in [-0.39, 0.29) is 0 Å². The third-order valence-corrected chi connectivity index (χ3v) is 3.90. The summed E-state index contributed by atoms with van der Waals surface area (Å²) in [4.78, 5) is 3.51. The molecule has 0 spiro atoms. The fourth-order valence-electron chi connectivity index (χ4n) is 2.81. The van der Waals surface area contributed by atoms with Crippen LogP contribution in [0, 0.1) is 0 Å². The topological polar surface area (TPSA) is 26.0 Å². The second-order valence-corrected chi connectivity index (χ2v) is 5.50. The van der Waals surface area contributed by atoms with Crippen molar-refractivity contribution in [3.63, 3.8) is 0 Å². The van der Waals surface area contributed by atoms with Crippen molar-refractivity contribution in [2.75, 3.05) is 5.32 Å². The van der Waals surface area contributed by atoms with Crippen molar-refractivity contribution < 1.29 is 4.99 Å². The molecule has 4 rings (SSSR count). The van der Waals surface area contributed by atoms with Crippen LogP contribution in [0.25, 0.3) is 5.70 Å². The van der Waals surface area contributed by atoms with Crippen LogP contribution in [-0.4, -0.2) is 5.71 Å². The van der Waals surface area contributed by atoms with E-state index in [4.69, 9.17) is 0 Å². The molecule has 2 nitrogen and oxygen atoms in total. The van der Waals surface area contributed by atoms with Gasteiger partial charge in [-0.15, -0.1) is 0 Å². The van der Waals surface area contributed by atoms with Crippen LogP contribution in [0.2, 0.25) is 0 Å². The van der Waals surface area contributed by atoms with E-state index in [2.05, 4.69) is 64.9 Å². The molecule has 0 amide bonds. The molecule has 3 aromatic rings. The van der Waals surface area contributed by atoms with E-state index in [0.29, 0.717) is 0 Å². The number of rotatable bonds is 3. The molecule has 3 aromatic carbocycles. The predicted molar refractivity (Wildman–Crippen MR) is 95.7 cm³/mol. The van der Waals surface area contributed by atoms with Crippen LogP contribution in [0.1, 0.15) is 11.1 Å². The molecule has 0 radical (unpaired) electrons. The third-order valence-electron chi connectivity index (χ3n) is 3.90. The largest absolute Gasteiger partial charge is 0.355 e. The maximum absolute atomic E-state index is 3.51. The highest BCUT2D eigenvalue weighted by atomic mass is 14.9. The van der Waals surface area contributed by atoms with Crippen molar-refractivity contribution in [1.29, 1.82) is 0 Å². The molecule has 1 aliphatic rings. The molecule has 0 atom stereocenters. The first-order valence-electron chi connectivity index (χ1n) is 7.73. The van der Waals surface area contributed by atoms with E-state index in [1.54, 1.807) is 0 Å². The monoisotopic (exact) mass is 297 g/mol. The molecule has 0 saturated carbocycles. The average Bonchev–Trinajstić information content (AvgIpc) is 2.95. The predicted octanol–water partition coefficient (Wildman–Crippen LogP) is 3.35. The molecule has 1 aliphatic carbocycles. The maximum Gasteiger partial charge on any atom is 0.214 e. The van der Waals surface area contributed by atoms with Gasteiger partial charge in [0.2, 0.25) is 11.4 Å². The number of hydrogen-bond donors (Lipinski definition) is 2. The van der Waals surface area contributed by atoms with E-state index in [9.17, 15) is 0 Å². The Morgan fingerprint density at radius 3 is 1.96 bits per heavy atom. The van der Waals surface area contributed by atoms with Gasteiger partial charge in [0, 0.05) is 29.5 Å². The summed E-state index contributed by atoms with van der Waals surface area (Å²) in [5.41, 5.74) is 6.85. The van der Waals surface area contributed by atoms with Gasteiger partial charge in [-0.3, -0.25) is 0 Å². The highest BCUT2D eigenvalue weighted by molar-refractivity contribution is 6.18. The molecule has 2 heteroatoms. The van der Waals surface area contributed by atoms with Crippen LogP contribution in [0.5, 0.6) is 0 Å². The van der Waals surface area contributed by atoms with Crippen molar-refractivity contribution in [2.45, 2.75) is 0 Å². The third kappa shape index (κ3) is 2.79. The van der Waals surface area contributed by atoms with Crippen LogP contribution in [0.4, 0.5) is 11.4 Å². The summed E-state index contributed by atoms with van der Waals surface area (Å²) >= 11 is 0. The zero-order chi connectivity index (χ0) is 15.5. The lowest BCUT2D eigenvalue weighted by Gasteiger charge is -2.07. The number of hydrogen-bond acceptors (Lipinski definition) is 1. The molecule has 0 fully saturated rings. The van der Waals surface area contributed by atoms with Gasteiger partial charge in [-0.05, 0) is 18.2 Å². The first-order chi connectivity index (χ1) is 11.4. The number of anilines is 1. The minimum atomic E-state index is 1.09. The van der Waals surface area contributed by atoms with Gasteiger partial charge in [0.25, 0.3) is 0 Å². The van der Waals surface area contributed by atoms with E-state index in [1.807, 2.05) is 36.4 Å². The summed E-state index contributed by atoms with van der Waals surface area (Å²) in [5.74, 6) is 0. The van der Waals surface area contributed by atoms with Crippen LogP contribution in [0.3, 0.4) is 0 Å². The fraction of sp³-hybridized carbons (Fsp3) is 0. The minimum absolute atomic E-state index is 1.09. The first kappa shape index (κ1) is 13.5. The zero-order valence-electron chi connectivity index (χ0n) is 12.7. The summed E-state index contributed by atoms with van der Waals surface area (Å²) in [6.07, 6.45) is 2.17. The fourth-order valence-corrected chi connectivity index (χ4v) is 2.81. The molecule has 23 heavy (non-hydrogen) atoms. The number of benzene rings is 3. The molecule has 0 unspecified atom stereocenters. The van der Waals surface area contributed by atoms with Crippen molar-refractivity contribution in [3.05, 3.63) is 102 Å². The molecular formula is C21H17N2+. The molecule has 0 heterocycles. The molecule has 110 valence electrons. The SMILES string of the molecule is C1=C(Nc2ccccc2)c2ccccc2C1=[NH+]c1ccccc1. The summed E-state index contributed by atoms with van der Waals surface area (Å²) in [5, 5.41) is 3.51. The van der Waals surface area contributed by atoms with Gasteiger partial charge in [0.1, 0.15) is 0 Å². The molecule has 0 saturated heterocycles. The lowest BCUT2D eigenvalue weighted by molar-refractivity contribution is -0.351. The smallest absolute Gasteiger partial charge is 0.214 e. The second kappa shape index (κ2) is 5.93. The van der Waals surface area contributed by atoms with E-state index >= 15 is 0 Å². The number of nitrogens with one attached hydrogen (secondary N) is 2. The highest BCUT2D eigenvalue weighted by Gasteiger charge is 2.23. The van der Waals surface area contributed by atoms with Gasteiger partial charge in [-0.1, -0.05) is 54.6 Å². The van der Waals surface area contributed by atoms with Crippen molar-refractivity contribution in [1.82, 2.24) is 0 Å². The van der Waals surface area contributed by atoms with Crippen LogP contribution < -0.4 is 10.3 Å². The first-order valence-corrected chi connectivity index (χ1v) is 7.73. The quantitative estimate of drug-likeness (QED) is 0.762. The molecule has 0 bridgehead atoms. The van der Waals surface area contributed by atoms with Crippen LogP contribution in [0.15, 0.2) is 91.0 Å². The van der Waals surface area contributed by atoms with Gasteiger partial charge in [0.05, 0.1) is 11.3 Å². The lowest BCUT2D eigenvalue weighted by Crippen LogP contribution is -2.65. The zero-order valence-corrected chi connectivity index (χ0v) is 12.7. The Kier molecular flexibility index (Phi) is 3.49. The van der Waals surface area contributed by atoms with Gasteiger partial charge >= 0.3 is 0 Å².